The smallest absolute Gasteiger partial charge is 0.162 e. The van der Waals surface area contributed by atoms with E-state index < -0.39 is 0 Å². The SMILES string of the molecule is COc1cc[c]cc1OCc1cccc(C#N)c1. The van der Waals surface area contributed by atoms with Crippen LogP contribution >= 0.6 is 0 Å². The summed E-state index contributed by atoms with van der Waals surface area (Å²) in [6, 6.07) is 17.7. The highest BCUT2D eigenvalue weighted by Gasteiger charge is 2.03. The Bertz CT molecular complexity index is 573. The van der Waals surface area contributed by atoms with Gasteiger partial charge in [-0.3, -0.25) is 0 Å². The average Bonchev–Trinajstić information content (AvgIpc) is 2.45. The van der Waals surface area contributed by atoms with Gasteiger partial charge in [0.05, 0.1) is 18.7 Å². The molecule has 0 unspecified atom stereocenters. The summed E-state index contributed by atoms with van der Waals surface area (Å²) in [5, 5.41) is 8.81. The van der Waals surface area contributed by atoms with Crippen molar-refractivity contribution in [2.45, 2.75) is 6.61 Å². The third-order valence-electron chi connectivity index (χ3n) is 2.46. The summed E-state index contributed by atoms with van der Waals surface area (Å²) in [4.78, 5) is 0. The molecule has 0 N–H and O–H groups in total. The third-order valence-corrected chi connectivity index (χ3v) is 2.46. The van der Waals surface area contributed by atoms with E-state index in [1.165, 1.54) is 0 Å². The third kappa shape index (κ3) is 2.80. The van der Waals surface area contributed by atoms with E-state index in [1.807, 2.05) is 12.1 Å². The van der Waals surface area contributed by atoms with Crippen LogP contribution in [0.3, 0.4) is 0 Å². The maximum atomic E-state index is 8.81. The second kappa shape index (κ2) is 5.74. The van der Waals surface area contributed by atoms with E-state index in [0.29, 0.717) is 23.7 Å². The molecule has 3 nitrogen and oxygen atoms in total. The normalized spacial score (nSPS) is 9.56. The highest BCUT2D eigenvalue weighted by atomic mass is 16.5. The first kappa shape index (κ1) is 12.0. The number of nitriles is 1. The van der Waals surface area contributed by atoms with Gasteiger partial charge in [-0.15, -0.1) is 0 Å². The van der Waals surface area contributed by atoms with Crippen molar-refractivity contribution in [2.24, 2.45) is 0 Å². The molecule has 0 heterocycles. The summed E-state index contributed by atoms with van der Waals surface area (Å²) in [7, 11) is 1.60. The van der Waals surface area contributed by atoms with Crippen molar-refractivity contribution in [3.05, 3.63) is 59.7 Å². The van der Waals surface area contributed by atoms with Gasteiger partial charge in [0.2, 0.25) is 0 Å². The molecule has 0 aromatic heterocycles. The summed E-state index contributed by atoms with van der Waals surface area (Å²) in [5.41, 5.74) is 1.57. The molecule has 2 aromatic rings. The molecule has 0 fully saturated rings. The minimum absolute atomic E-state index is 0.393. The first-order valence-corrected chi connectivity index (χ1v) is 5.49. The zero-order chi connectivity index (χ0) is 12.8. The zero-order valence-corrected chi connectivity index (χ0v) is 10.0. The van der Waals surface area contributed by atoms with Crippen molar-refractivity contribution in [1.82, 2.24) is 0 Å². The van der Waals surface area contributed by atoms with Gasteiger partial charge in [-0.25, -0.2) is 0 Å². The van der Waals surface area contributed by atoms with E-state index in [0.717, 1.165) is 5.56 Å². The van der Waals surface area contributed by atoms with Gasteiger partial charge in [-0.1, -0.05) is 18.2 Å². The Balaban J connectivity index is 2.09. The van der Waals surface area contributed by atoms with Crippen LogP contribution < -0.4 is 9.47 Å². The van der Waals surface area contributed by atoms with Crippen LogP contribution in [0.5, 0.6) is 11.5 Å². The van der Waals surface area contributed by atoms with Gasteiger partial charge in [-0.2, -0.15) is 5.26 Å². The first-order chi connectivity index (χ1) is 8.83. The molecule has 18 heavy (non-hydrogen) atoms. The Kier molecular flexibility index (Phi) is 3.83. The Morgan fingerprint density at radius 3 is 2.94 bits per heavy atom. The minimum Gasteiger partial charge on any atom is -0.493 e. The van der Waals surface area contributed by atoms with E-state index in [2.05, 4.69) is 12.1 Å². The molecule has 0 saturated carbocycles. The first-order valence-electron chi connectivity index (χ1n) is 5.49. The van der Waals surface area contributed by atoms with Crippen LogP contribution in [0, 0.1) is 17.4 Å². The summed E-state index contributed by atoms with van der Waals surface area (Å²) in [5.74, 6) is 1.31. The number of hydrogen-bond acceptors (Lipinski definition) is 3. The molecule has 0 amide bonds. The van der Waals surface area contributed by atoms with Crippen LogP contribution in [0.2, 0.25) is 0 Å². The van der Waals surface area contributed by atoms with E-state index in [4.69, 9.17) is 14.7 Å². The van der Waals surface area contributed by atoms with Crippen molar-refractivity contribution in [1.29, 1.82) is 5.26 Å². The Morgan fingerprint density at radius 2 is 2.17 bits per heavy atom. The average molecular weight is 238 g/mol. The van der Waals surface area contributed by atoms with Crippen LogP contribution in [0.4, 0.5) is 0 Å². The fourth-order valence-electron chi connectivity index (χ4n) is 1.57. The fraction of sp³-hybridized carbons (Fsp3) is 0.133. The number of rotatable bonds is 4. The second-order valence-corrected chi connectivity index (χ2v) is 3.68. The van der Waals surface area contributed by atoms with Gasteiger partial charge in [0.15, 0.2) is 11.5 Å². The molecule has 89 valence electrons. The minimum atomic E-state index is 0.393. The van der Waals surface area contributed by atoms with Gasteiger partial charge in [0.1, 0.15) is 6.61 Å². The van der Waals surface area contributed by atoms with Crippen LogP contribution in [-0.4, -0.2) is 7.11 Å². The highest BCUT2D eigenvalue weighted by molar-refractivity contribution is 5.39. The highest BCUT2D eigenvalue weighted by Crippen LogP contribution is 2.26. The number of methoxy groups -OCH3 is 1. The molecule has 0 saturated heterocycles. The second-order valence-electron chi connectivity index (χ2n) is 3.68. The largest absolute Gasteiger partial charge is 0.493 e. The Labute approximate surface area is 106 Å². The summed E-state index contributed by atoms with van der Waals surface area (Å²) < 4.78 is 10.8. The molecule has 2 aromatic carbocycles. The van der Waals surface area contributed by atoms with Crippen molar-refractivity contribution in [3.63, 3.8) is 0 Å². The van der Waals surface area contributed by atoms with Gasteiger partial charge < -0.3 is 9.47 Å². The number of ether oxygens (including phenoxy) is 2. The zero-order valence-electron chi connectivity index (χ0n) is 10.0. The summed E-state index contributed by atoms with van der Waals surface area (Å²) in [6.07, 6.45) is 0. The molecular formula is C15H12NO2. The topological polar surface area (TPSA) is 42.2 Å². The summed E-state index contributed by atoms with van der Waals surface area (Å²) >= 11 is 0. The van der Waals surface area contributed by atoms with Crippen molar-refractivity contribution in [2.75, 3.05) is 7.11 Å². The van der Waals surface area contributed by atoms with Crippen molar-refractivity contribution >= 4 is 0 Å². The van der Waals surface area contributed by atoms with Crippen LogP contribution in [-0.2, 0) is 6.61 Å². The Hall–Kier alpha value is -2.47. The number of hydrogen-bond donors (Lipinski definition) is 0. The maximum absolute atomic E-state index is 8.81. The van der Waals surface area contributed by atoms with Gasteiger partial charge in [0.25, 0.3) is 0 Å². The van der Waals surface area contributed by atoms with Crippen molar-refractivity contribution in [3.8, 4) is 17.6 Å². The predicted molar refractivity (Wildman–Crippen MR) is 67.3 cm³/mol. The molecule has 0 atom stereocenters. The van der Waals surface area contributed by atoms with Crippen LogP contribution in [0.1, 0.15) is 11.1 Å². The number of benzene rings is 2. The molecule has 2 rings (SSSR count). The molecule has 1 radical (unpaired) electrons. The van der Waals surface area contributed by atoms with Gasteiger partial charge in [0, 0.05) is 0 Å². The standard InChI is InChI=1S/C15H12NO2/c1-17-14-7-2-3-8-15(14)18-11-13-6-4-5-12(9-13)10-16/h2,4-9H,11H2,1H3. The van der Waals surface area contributed by atoms with Crippen LogP contribution in [0.15, 0.2) is 42.5 Å². The van der Waals surface area contributed by atoms with E-state index in [1.54, 1.807) is 37.4 Å². The predicted octanol–water partition coefficient (Wildman–Crippen LogP) is 2.95. The van der Waals surface area contributed by atoms with Gasteiger partial charge >= 0.3 is 0 Å². The van der Waals surface area contributed by atoms with E-state index in [9.17, 15) is 0 Å². The quantitative estimate of drug-likeness (QED) is 0.822. The lowest BCUT2D eigenvalue weighted by Gasteiger charge is -2.10. The molecule has 3 heteroatoms. The molecule has 0 spiro atoms. The number of nitrogens with zero attached hydrogens (tertiary/aromatic N) is 1. The van der Waals surface area contributed by atoms with E-state index >= 15 is 0 Å². The lowest BCUT2D eigenvalue weighted by molar-refractivity contribution is 0.284. The molecule has 0 aliphatic rings. The monoisotopic (exact) mass is 238 g/mol. The van der Waals surface area contributed by atoms with Gasteiger partial charge in [-0.05, 0) is 35.9 Å². The summed E-state index contributed by atoms with van der Waals surface area (Å²) in [6.45, 7) is 0.393. The van der Waals surface area contributed by atoms with E-state index in [-0.39, 0.29) is 0 Å². The maximum Gasteiger partial charge on any atom is 0.162 e. The van der Waals surface area contributed by atoms with Crippen molar-refractivity contribution < 1.29 is 9.47 Å². The molecule has 0 aliphatic heterocycles. The lowest BCUT2D eigenvalue weighted by Crippen LogP contribution is -1.97. The fourth-order valence-corrected chi connectivity index (χ4v) is 1.57. The van der Waals surface area contributed by atoms with Crippen LogP contribution in [0.25, 0.3) is 0 Å². The lowest BCUT2D eigenvalue weighted by atomic mass is 10.1. The molecule has 0 aliphatic carbocycles. The molecular weight excluding hydrogens is 226 g/mol. The molecule has 0 bridgehead atoms. The Morgan fingerprint density at radius 1 is 1.28 bits per heavy atom.